The summed E-state index contributed by atoms with van der Waals surface area (Å²) >= 11 is 0. The SMILES string of the molecule is CC(=O)C(C=O)(C(C)=O)C(C)=O. The minimum Gasteiger partial charge on any atom is -0.301 e. The molecule has 0 unspecified atom stereocenters. The Hall–Kier alpha value is -1.32. The van der Waals surface area contributed by atoms with Crippen molar-refractivity contribution in [2.45, 2.75) is 20.8 Å². The number of carbonyl (C=O) groups excluding carboxylic acids is 4. The van der Waals surface area contributed by atoms with Crippen LogP contribution in [0.1, 0.15) is 20.8 Å². The van der Waals surface area contributed by atoms with Crippen LogP contribution in [0.25, 0.3) is 0 Å². The largest absolute Gasteiger partial charge is 0.301 e. The van der Waals surface area contributed by atoms with E-state index in [9.17, 15) is 19.2 Å². The van der Waals surface area contributed by atoms with Gasteiger partial charge in [0, 0.05) is 0 Å². The first kappa shape index (κ1) is 10.7. The second kappa shape index (κ2) is 3.38. The summed E-state index contributed by atoms with van der Waals surface area (Å²) < 4.78 is 0. The van der Waals surface area contributed by atoms with Gasteiger partial charge in [-0.2, -0.15) is 0 Å². The molecule has 0 aliphatic rings. The van der Waals surface area contributed by atoms with Gasteiger partial charge >= 0.3 is 0 Å². The van der Waals surface area contributed by atoms with Gasteiger partial charge in [0.25, 0.3) is 0 Å². The monoisotopic (exact) mass is 170 g/mol. The summed E-state index contributed by atoms with van der Waals surface area (Å²) in [7, 11) is 0. The summed E-state index contributed by atoms with van der Waals surface area (Å²) in [5.74, 6) is -2.17. The van der Waals surface area contributed by atoms with Crippen LogP contribution in [0.4, 0.5) is 0 Å². The zero-order valence-electron chi connectivity index (χ0n) is 7.21. The van der Waals surface area contributed by atoms with Crippen molar-refractivity contribution in [1.82, 2.24) is 0 Å². The van der Waals surface area contributed by atoms with Gasteiger partial charge in [0.05, 0.1) is 0 Å². The highest BCUT2D eigenvalue weighted by Gasteiger charge is 2.45. The third kappa shape index (κ3) is 1.32. The maximum Gasteiger partial charge on any atom is 0.199 e. The van der Waals surface area contributed by atoms with Gasteiger partial charge in [-0.1, -0.05) is 0 Å². The van der Waals surface area contributed by atoms with Crippen LogP contribution in [0.2, 0.25) is 0 Å². The van der Waals surface area contributed by atoms with E-state index < -0.39 is 22.8 Å². The minimum absolute atomic E-state index is 0.111. The van der Waals surface area contributed by atoms with Gasteiger partial charge in [0.15, 0.2) is 22.8 Å². The highest BCUT2D eigenvalue weighted by molar-refractivity contribution is 6.33. The Balaban J connectivity index is 5.33. The molecule has 0 N–H and O–H groups in total. The van der Waals surface area contributed by atoms with E-state index in [1.807, 2.05) is 0 Å². The van der Waals surface area contributed by atoms with Crippen molar-refractivity contribution >= 4 is 23.6 Å². The Kier molecular flexibility index (Phi) is 3.01. The maximum absolute atomic E-state index is 10.9. The molecule has 0 aromatic rings. The first-order chi connectivity index (χ1) is 5.39. The number of hydrogen-bond acceptors (Lipinski definition) is 4. The lowest BCUT2D eigenvalue weighted by molar-refractivity contribution is -0.148. The Bertz CT molecular complexity index is 216. The summed E-state index contributed by atoms with van der Waals surface area (Å²) in [6.07, 6.45) is 0.111. The van der Waals surface area contributed by atoms with Gasteiger partial charge in [0.2, 0.25) is 0 Å². The fourth-order valence-electron chi connectivity index (χ4n) is 0.993. The molecule has 0 aliphatic carbocycles. The smallest absolute Gasteiger partial charge is 0.199 e. The topological polar surface area (TPSA) is 68.3 Å². The van der Waals surface area contributed by atoms with E-state index in [-0.39, 0.29) is 6.29 Å². The van der Waals surface area contributed by atoms with E-state index in [0.29, 0.717) is 0 Å². The zero-order valence-corrected chi connectivity index (χ0v) is 7.21. The highest BCUT2D eigenvalue weighted by atomic mass is 16.2. The molecule has 0 spiro atoms. The highest BCUT2D eigenvalue weighted by Crippen LogP contribution is 2.18. The standard InChI is InChI=1S/C8H10O4/c1-5(10)8(4-9,6(2)11)7(3)12/h4H,1-3H3. The fraction of sp³-hybridized carbons (Fsp3) is 0.500. The van der Waals surface area contributed by atoms with Crippen molar-refractivity contribution < 1.29 is 19.2 Å². The number of rotatable bonds is 4. The summed E-state index contributed by atoms with van der Waals surface area (Å²) in [5, 5.41) is 0. The van der Waals surface area contributed by atoms with Crippen molar-refractivity contribution in [1.29, 1.82) is 0 Å². The van der Waals surface area contributed by atoms with Crippen molar-refractivity contribution in [3.8, 4) is 0 Å². The van der Waals surface area contributed by atoms with E-state index >= 15 is 0 Å². The van der Waals surface area contributed by atoms with Crippen LogP contribution in [-0.2, 0) is 19.2 Å². The van der Waals surface area contributed by atoms with E-state index in [0.717, 1.165) is 20.8 Å². The normalized spacial score (nSPS) is 10.6. The second-order valence-electron chi connectivity index (χ2n) is 2.59. The predicted molar refractivity (Wildman–Crippen MR) is 40.5 cm³/mol. The van der Waals surface area contributed by atoms with Crippen LogP contribution >= 0.6 is 0 Å². The Morgan fingerprint density at radius 2 is 1.17 bits per heavy atom. The quantitative estimate of drug-likeness (QED) is 0.437. The van der Waals surface area contributed by atoms with Crippen molar-refractivity contribution in [3.63, 3.8) is 0 Å². The molecule has 4 heteroatoms. The van der Waals surface area contributed by atoms with Crippen LogP contribution < -0.4 is 0 Å². The molecule has 0 atom stereocenters. The molecule has 0 saturated heterocycles. The number of hydrogen-bond donors (Lipinski definition) is 0. The molecule has 12 heavy (non-hydrogen) atoms. The lowest BCUT2D eigenvalue weighted by atomic mass is 9.78. The molecule has 0 heterocycles. The van der Waals surface area contributed by atoms with Crippen LogP contribution in [0.5, 0.6) is 0 Å². The number of carbonyl (C=O) groups is 4. The summed E-state index contributed by atoms with van der Waals surface area (Å²) in [4.78, 5) is 43.2. The number of ketones is 3. The van der Waals surface area contributed by atoms with Gasteiger partial charge < -0.3 is 4.79 Å². The summed E-state index contributed by atoms with van der Waals surface area (Å²) in [6.45, 7) is 3.16. The average molecular weight is 170 g/mol. The lowest BCUT2D eigenvalue weighted by Gasteiger charge is -2.17. The van der Waals surface area contributed by atoms with Crippen LogP contribution in [0, 0.1) is 5.41 Å². The van der Waals surface area contributed by atoms with Gasteiger partial charge in [-0.05, 0) is 20.8 Å². The molecular weight excluding hydrogens is 160 g/mol. The molecule has 4 nitrogen and oxygen atoms in total. The Morgan fingerprint density at radius 3 is 1.17 bits per heavy atom. The van der Waals surface area contributed by atoms with E-state index in [4.69, 9.17) is 0 Å². The van der Waals surface area contributed by atoms with Gasteiger partial charge in [0.1, 0.15) is 6.29 Å². The van der Waals surface area contributed by atoms with E-state index in [1.165, 1.54) is 0 Å². The third-order valence-corrected chi connectivity index (χ3v) is 1.84. The van der Waals surface area contributed by atoms with Crippen LogP contribution in [-0.4, -0.2) is 23.6 Å². The zero-order chi connectivity index (χ0) is 9.94. The summed E-state index contributed by atoms with van der Waals surface area (Å²) in [6, 6.07) is 0. The number of aldehydes is 1. The molecule has 0 bridgehead atoms. The first-order valence-electron chi connectivity index (χ1n) is 3.39. The Morgan fingerprint density at radius 1 is 0.917 bits per heavy atom. The molecule has 0 saturated carbocycles. The Labute approximate surface area is 69.9 Å². The number of Topliss-reactive ketones (excluding diaryl/α,β-unsaturated/α-hetero) is 3. The van der Waals surface area contributed by atoms with Crippen LogP contribution in [0.15, 0.2) is 0 Å². The molecular formula is C8H10O4. The molecule has 0 aromatic heterocycles. The maximum atomic E-state index is 10.9. The molecule has 66 valence electrons. The third-order valence-electron chi connectivity index (χ3n) is 1.84. The minimum atomic E-state index is -2.06. The van der Waals surface area contributed by atoms with Gasteiger partial charge in [-0.25, -0.2) is 0 Å². The molecule has 0 rings (SSSR count). The van der Waals surface area contributed by atoms with E-state index in [1.54, 1.807) is 0 Å². The average Bonchev–Trinajstić information content (AvgIpc) is 1.86. The molecule has 0 amide bonds. The lowest BCUT2D eigenvalue weighted by Crippen LogP contribution is -2.44. The van der Waals surface area contributed by atoms with Crippen LogP contribution in [0.3, 0.4) is 0 Å². The summed E-state index contributed by atoms with van der Waals surface area (Å²) in [5.41, 5.74) is -2.06. The van der Waals surface area contributed by atoms with Crippen molar-refractivity contribution in [2.24, 2.45) is 5.41 Å². The fourth-order valence-corrected chi connectivity index (χ4v) is 0.993. The second-order valence-corrected chi connectivity index (χ2v) is 2.59. The van der Waals surface area contributed by atoms with Crippen molar-refractivity contribution in [3.05, 3.63) is 0 Å². The van der Waals surface area contributed by atoms with E-state index in [2.05, 4.69) is 0 Å². The molecule has 0 fully saturated rings. The van der Waals surface area contributed by atoms with Gasteiger partial charge in [-0.15, -0.1) is 0 Å². The molecule has 0 radical (unpaired) electrons. The predicted octanol–water partition coefficient (Wildman–Crippen LogP) is -0.0613. The van der Waals surface area contributed by atoms with Crippen molar-refractivity contribution in [2.75, 3.05) is 0 Å². The molecule has 0 aliphatic heterocycles. The molecule has 0 aromatic carbocycles. The van der Waals surface area contributed by atoms with Gasteiger partial charge in [-0.3, -0.25) is 14.4 Å². The first-order valence-corrected chi connectivity index (χ1v) is 3.39.